The van der Waals surface area contributed by atoms with Gasteiger partial charge in [-0.25, -0.2) is 0 Å². The topological polar surface area (TPSA) is 101 Å². The molecule has 2 aromatic rings. The lowest BCUT2D eigenvalue weighted by molar-refractivity contribution is -0.123. The summed E-state index contributed by atoms with van der Waals surface area (Å²) >= 11 is 3.47. The van der Waals surface area contributed by atoms with Gasteiger partial charge in [0.15, 0.2) is 23.1 Å². The molecule has 1 aliphatic heterocycles. The van der Waals surface area contributed by atoms with E-state index in [2.05, 4.69) is 15.9 Å². The minimum atomic E-state index is -0.759. The van der Waals surface area contributed by atoms with Crippen molar-refractivity contribution in [3.05, 3.63) is 86.9 Å². The van der Waals surface area contributed by atoms with Gasteiger partial charge in [0.05, 0.1) is 24.6 Å². The molecule has 2 amide bonds. The molecule has 0 aromatic heterocycles. The molecule has 192 valence electrons. The highest BCUT2D eigenvalue weighted by molar-refractivity contribution is 9.10. The van der Waals surface area contributed by atoms with E-state index in [1.165, 1.54) is 18.1 Å². The van der Waals surface area contributed by atoms with Crippen LogP contribution >= 0.6 is 15.9 Å². The van der Waals surface area contributed by atoms with Gasteiger partial charge in [-0.05, 0) is 56.0 Å². The van der Waals surface area contributed by atoms with Crippen LogP contribution in [0.3, 0.4) is 0 Å². The SMILES string of the molecule is COc1cc(Br)cc([C@H]2C3=CC[C@@H]4C(=O)N(c5ccccc5)C(=O)[C@@H]4[C@@H]3CC3=C2C(=O)C(C)=CC3=O)c1O. The van der Waals surface area contributed by atoms with Gasteiger partial charge in [-0.1, -0.05) is 45.8 Å². The number of hydrogen-bond acceptors (Lipinski definition) is 6. The van der Waals surface area contributed by atoms with E-state index in [1.54, 1.807) is 43.3 Å². The molecule has 38 heavy (non-hydrogen) atoms. The second kappa shape index (κ2) is 8.91. The number of imide groups is 1. The normalized spacial score (nSPS) is 26.6. The number of carbonyl (C=O) groups is 4. The van der Waals surface area contributed by atoms with Gasteiger partial charge in [-0.15, -0.1) is 0 Å². The van der Waals surface area contributed by atoms with Crippen LogP contribution in [0.15, 0.2) is 81.4 Å². The molecule has 6 rings (SSSR count). The number of aromatic hydroxyl groups is 1. The Bertz CT molecular complexity index is 1540. The summed E-state index contributed by atoms with van der Waals surface area (Å²) < 4.78 is 6.01. The number of benzene rings is 2. The van der Waals surface area contributed by atoms with Crippen molar-refractivity contribution in [2.45, 2.75) is 25.7 Å². The maximum absolute atomic E-state index is 13.8. The summed E-state index contributed by atoms with van der Waals surface area (Å²) in [5.74, 6) is -3.48. The Hall–Kier alpha value is -3.78. The van der Waals surface area contributed by atoms with E-state index in [-0.39, 0.29) is 41.3 Å². The number of phenols is 1. The van der Waals surface area contributed by atoms with Crippen LogP contribution in [0.25, 0.3) is 0 Å². The largest absolute Gasteiger partial charge is 0.504 e. The standard InChI is InChI=1S/C30H24BrNO6/c1-14-10-22(33)20-13-19-17(24(26(20)27(14)34)21-11-15(31)12-23(38-2)28(21)35)8-9-18-25(19)30(37)32(29(18)36)16-6-4-3-5-7-16/h3-8,10-12,18-19,24-25,35H,9,13H2,1-2H3/t18-,19+,24+,25-/m0/s1. The molecule has 0 radical (unpaired) electrons. The van der Waals surface area contributed by atoms with Crippen molar-refractivity contribution < 1.29 is 29.0 Å². The Balaban J connectivity index is 1.54. The van der Waals surface area contributed by atoms with Crippen LogP contribution in [0.1, 0.15) is 31.2 Å². The van der Waals surface area contributed by atoms with Crippen molar-refractivity contribution in [2.24, 2.45) is 17.8 Å². The predicted molar refractivity (Wildman–Crippen MR) is 143 cm³/mol. The molecule has 1 heterocycles. The van der Waals surface area contributed by atoms with Gasteiger partial charge < -0.3 is 9.84 Å². The summed E-state index contributed by atoms with van der Waals surface area (Å²) in [6.45, 7) is 1.61. The number of hydrogen-bond donors (Lipinski definition) is 1. The maximum Gasteiger partial charge on any atom is 0.238 e. The van der Waals surface area contributed by atoms with E-state index in [0.29, 0.717) is 38.9 Å². The second-order valence-electron chi connectivity index (χ2n) is 10.1. The Labute approximate surface area is 227 Å². The molecule has 1 N–H and O–H groups in total. The summed E-state index contributed by atoms with van der Waals surface area (Å²) in [4.78, 5) is 55.4. The van der Waals surface area contributed by atoms with Crippen molar-refractivity contribution in [1.29, 1.82) is 0 Å². The first-order chi connectivity index (χ1) is 18.2. The summed E-state index contributed by atoms with van der Waals surface area (Å²) in [5.41, 5.74) is 2.68. The Morgan fingerprint density at radius 1 is 1.03 bits per heavy atom. The Morgan fingerprint density at radius 2 is 1.76 bits per heavy atom. The number of rotatable bonds is 3. The molecule has 2 aromatic carbocycles. The summed E-state index contributed by atoms with van der Waals surface area (Å²) in [6.07, 6.45) is 3.78. The minimum absolute atomic E-state index is 0.136. The molecule has 4 aliphatic rings. The van der Waals surface area contributed by atoms with Crippen molar-refractivity contribution in [3.63, 3.8) is 0 Å². The van der Waals surface area contributed by atoms with Crippen LogP contribution in [0.2, 0.25) is 0 Å². The maximum atomic E-state index is 13.8. The number of allylic oxidation sites excluding steroid dienone is 6. The fourth-order valence-electron chi connectivity index (χ4n) is 6.52. The molecule has 3 aliphatic carbocycles. The Morgan fingerprint density at radius 3 is 2.47 bits per heavy atom. The number of phenolic OH excluding ortho intramolecular Hbond substituents is 1. The van der Waals surface area contributed by atoms with Crippen molar-refractivity contribution in [1.82, 2.24) is 0 Å². The lowest BCUT2D eigenvalue weighted by Gasteiger charge is -2.42. The van der Waals surface area contributed by atoms with Gasteiger partial charge in [-0.2, -0.15) is 0 Å². The third kappa shape index (κ3) is 3.46. The van der Waals surface area contributed by atoms with Gasteiger partial charge in [-0.3, -0.25) is 24.1 Å². The number of ketones is 2. The van der Waals surface area contributed by atoms with Crippen molar-refractivity contribution in [3.8, 4) is 11.5 Å². The zero-order valence-corrected chi connectivity index (χ0v) is 22.3. The fraction of sp³-hybridized carbons (Fsp3) is 0.267. The van der Waals surface area contributed by atoms with E-state index in [1.807, 2.05) is 12.1 Å². The van der Waals surface area contributed by atoms with Crippen molar-refractivity contribution >= 4 is 45.0 Å². The zero-order valence-electron chi connectivity index (χ0n) is 20.7. The van der Waals surface area contributed by atoms with Crippen LogP contribution in [-0.2, 0) is 19.2 Å². The average molecular weight is 574 g/mol. The monoisotopic (exact) mass is 573 g/mol. The van der Waals surface area contributed by atoms with Crippen molar-refractivity contribution in [2.75, 3.05) is 12.0 Å². The molecule has 0 spiro atoms. The minimum Gasteiger partial charge on any atom is -0.504 e. The number of amides is 2. The van der Waals surface area contributed by atoms with E-state index in [0.717, 1.165) is 5.57 Å². The summed E-state index contributed by atoms with van der Waals surface area (Å²) in [6, 6.07) is 12.2. The lowest BCUT2D eigenvalue weighted by atomic mass is 9.59. The number of carbonyl (C=O) groups excluding carboxylic acids is 4. The number of methoxy groups -OCH3 is 1. The smallest absolute Gasteiger partial charge is 0.238 e. The van der Waals surface area contributed by atoms with Crippen LogP contribution in [0.4, 0.5) is 5.69 Å². The van der Waals surface area contributed by atoms with Gasteiger partial charge in [0.25, 0.3) is 0 Å². The highest BCUT2D eigenvalue weighted by atomic mass is 79.9. The van der Waals surface area contributed by atoms with E-state index in [9.17, 15) is 24.3 Å². The molecule has 4 atom stereocenters. The first-order valence-corrected chi connectivity index (χ1v) is 13.2. The molecule has 7 nitrogen and oxygen atoms in total. The molecule has 0 bridgehead atoms. The molecule has 1 saturated heterocycles. The summed E-state index contributed by atoms with van der Waals surface area (Å²) in [5, 5.41) is 11.2. The van der Waals surface area contributed by atoms with Crippen LogP contribution in [-0.4, -0.2) is 35.6 Å². The number of Topliss-reactive ketones (excluding diaryl/α,β-unsaturated/α-hetero) is 1. The highest BCUT2D eigenvalue weighted by Crippen LogP contribution is 2.57. The molecule has 1 fully saturated rings. The van der Waals surface area contributed by atoms with Gasteiger partial charge in [0, 0.05) is 32.7 Å². The first kappa shape index (κ1) is 24.6. The fourth-order valence-corrected chi connectivity index (χ4v) is 6.97. The predicted octanol–water partition coefficient (Wildman–Crippen LogP) is 4.80. The number of nitrogens with zero attached hydrogens (tertiary/aromatic N) is 1. The quantitative estimate of drug-likeness (QED) is 0.321. The molecule has 0 saturated carbocycles. The molecule has 8 heteroatoms. The molecular weight excluding hydrogens is 550 g/mol. The first-order valence-electron chi connectivity index (χ1n) is 12.4. The summed E-state index contributed by atoms with van der Waals surface area (Å²) in [7, 11) is 1.44. The Kier molecular flexibility index (Phi) is 5.76. The highest BCUT2D eigenvalue weighted by Gasteiger charge is 2.56. The third-order valence-electron chi connectivity index (χ3n) is 8.18. The number of para-hydroxylation sites is 1. The number of anilines is 1. The number of fused-ring (bicyclic) bond motifs is 3. The van der Waals surface area contributed by atoms with Crippen LogP contribution in [0.5, 0.6) is 11.5 Å². The average Bonchev–Trinajstić information content (AvgIpc) is 3.17. The van der Waals surface area contributed by atoms with Crippen LogP contribution < -0.4 is 9.64 Å². The van der Waals surface area contributed by atoms with Gasteiger partial charge in [0.2, 0.25) is 11.8 Å². The lowest BCUT2D eigenvalue weighted by Crippen LogP contribution is -2.39. The second-order valence-corrected chi connectivity index (χ2v) is 11.0. The zero-order chi connectivity index (χ0) is 26.9. The van der Waals surface area contributed by atoms with Gasteiger partial charge in [0.1, 0.15) is 0 Å². The van der Waals surface area contributed by atoms with Crippen LogP contribution in [0, 0.1) is 17.8 Å². The van der Waals surface area contributed by atoms with Gasteiger partial charge >= 0.3 is 0 Å². The third-order valence-corrected chi connectivity index (χ3v) is 8.64. The van der Waals surface area contributed by atoms with E-state index in [4.69, 9.17) is 4.74 Å². The number of ether oxygens (including phenoxy) is 1. The molecular formula is C30H24BrNO6. The number of halogens is 1. The van der Waals surface area contributed by atoms with E-state index < -0.39 is 23.7 Å². The molecule has 0 unspecified atom stereocenters. The van der Waals surface area contributed by atoms with E-state index >= 15 is 0 Å².